The maximum Gasteiger partial charge on any atom is 0.298 e. The Labute approximate surface area is 173 Å². The van der Waals surface area contributed by atoms with Crippen molar-refractivity contribution < 1.29 is 9.21 Å². The zero-order valence-corrected chi connectivity index (χ0v) is 17.1. The number of carbonyl (C=O) groups is 1. The number of carbonyl (C=O) groups excluding carboxylic acids is 1. The quantitative estimate of drug-likeness (QED) is 0.566. The second-order valence-electron chi connectivity index (χ2n) is 6.69. The Kier molecular flexibility index (Phi) is 6.78. The second kappa shape index (κ2) is 9.28. The van der Waals surface area contributed by atoms with Gasteiger partial charge in [0.1, 0.15) is 12.1 Å². The Morgan fingerprint density at radius 3 is 2.64 bits per heavy atom. The van der Waals surface area contributed by atoms with Crippen molar-refractivity contribution in [2.24, 2.45) is 5.73 Å². The Hall–Kier alpha value is -2.28. The van der Waals surface area contributed by atoms with Crippen LogP contribution in [0.15, 0.2) is 46.9 Å². The summed E-state index contributed by atoms with van der Waals surface area (Å²) in [6.07, 6.45) is 0.809. The number of hydrogen-bond acceptors (Lipinski definition) is 5. The number of anilines is 1. The predicted molar refractivity (Wildman–Crippen MR) is 113 cm³/mol. The first-order valence-corrected chi connectivity index (χ1v) is 9.69. The summed E-state index contributed by atoms with van der Waals surface area (Å²) < 4.78 is 5.77. The molecule has 3 rings (SSSR count). The molecule has 1 heterocycles. The number of fused-ring (bicyclic) bond motifs is 1. The summed E-state index contributed by atoms with van der Waals surface area (Å²) in [6, 6.07) is 13.5. The molecule has 0 radical (unpaired) electrons. The van der Waals surface area contributed by atoms with Crippen molar-refractivity contribution in [3.8, 4) is 0 Å². The van der Waals surface area contributed by atoms with Crippen molar-refractivity contribution in [3.63, 3.8) is 0 Å². The van der Waals surface area contributed by atoms with Crippen LogP contribution in [-0.4, -0.2) is 42.5 Å². The molecular weight excluding hydrogens is 399 g/mol. The van der Waals surface area contributed by atoms with Gasteiger partial charge in [-0.2, -0.15) is 4.98 Å². The summed E-state index contributed by atoms with van der Waals surface area (Å²) in [5.74, 6) is -0.425. The van der Waals surface area contributed by atoms with Gasteiger partial charge in [-0.3, -0.25) is 4.79 Å². The fourth-order valence-electron chi connectivity index (χ4n) is 2.99. The molecule has 1 amide bonds. The molecule has 8 heteroatoms. The Bertz CT molecular complexity index is 927. The molecule has 3 aromatic rings. The number of aromatic nitrogens is 1. The van der Waals surface area contributed by atoms with Gasteiger partial charge in [0.25, 0.3) is 6.01 Å². The Morgan fingerprint density at radius 1 is 1.14 bits per heavy atom. The van der Waals surface area contributed by atoms with Crippen LogP contribution in [0.2, 0.25) is 10.0 Å². The third-order valence-electron chi connectivity index (χ3n) is 4.30. The molecule has 2 N–H and O–H groups in total. The number of halogens is 2. The van der Waals surface area contributed by atoms with Gasteiger partial charge < -0.3 is 20.0 Å². The van der Waals surface area contributed by atoms with E-state index in [2.05, 4.69) is 9.88 Å². The number of hydrogen-bond donors (Lipinski definition) is 1. The van der Waals surface area contributed by atoms with E-state index < -0.39 is 5.91 Å². The number of oxazole rings is 1. The molecule has 2 aromatic carbocycles. The van der Waals surface area contributed by atoms with Gasteiger partial charge in [-0.15, -0.1) is 0 Å². The highest BCUT2D eigenvalue weighted by Crippen LogP contribution is 2.23. The molecular formula is C20H22Cl2N4O2. The highest BCUT2D eigenvalue weighted by molar-refractivity contribution is 6.42. The number of para-hydroxylation sites is 2. The van der Waals surface area contributed by atoms with Crippen molar-refractivity contribution >= 4 is 46.2 Å². The molecule has 6 nitrogen and oxygen atoms in total. The first-order valence-electron chi connectivity index (χ1n) is 8.93. The monoisotopic (exact) mass is 420 g/mol. The van der Waals surface area contributed by atoms with Crippen molar-refractivity contribution in [3.05, 3.63) is 58.1 Å². The maximum atomic E-state index is 11.5. The molecule has 0 aliphatic carbocycles. The van der Waals surface area contributed by atoms with Crippen LogP contribution in [0.1, 0.15) is 12.0 Å². The molecule has 0 bridgehead atoms. The molecule has 148 valence electrons. The topological polar surface area (TPSA) is 75.6 Å². The minimum absolute atomic E-state index is 0.0589. The van der Waals surface area contributed by atoms with Crippen LogP contribution in [0, 0.1) is 0 Å². The highest BCUT2D eigenvalue weighted by atomic mass is 35.5. The van der Waals surface area contributed by atoms with Crippen molar-refractivity contribution in [1.29, 1.82) is 0 Å². The highest BCUT2D eigenvalue weighted by Gasteiger charge is 2.16. The van der Waals surface area contributed by atoms with E-state index in [1.165, 1.54) is 0 Å². The minimum Gasteiger partial charge on any atom is -0.423 e. The summed E-state index contributed by atoms with van der Waals surface area (Å²) >= 11 is 12.0. The molecule has 1 aromatic heterocycles. The van der Waals surface area contributed by atoms with Gasteiger partial charge in [0.2, 0.25) is 5.91 Å². The van der Waals surface area contributed by atoms with Gasteiger partial charge in [0.05, 0.1) is 10.0 Å². The first kappa shape index (κ1) is 20.5. The maximum absolute atomic E-state index is 11.5. The van der Waals surface area contributed by atoms with Gasteiger partial charge in [-0.25, -0.2) is 0 Å². The SMILES string of the molecule is CN(CCCN(CC(N)=O)c1nc2ccccc2o1)Cc1ccc(Cl)c(Cl)c1. The van der Waals surface area contributed by atoms with E-state index in [1.54, 1.807) is 11.0 Å². The fraction of sp³-hybridized carbons (Fsp3) is 0.300. The minimum atomic E-state index is -0.425. The lowest BCUT2D eigenvalue weighted by atomic mass is 10.2. The molecule has 28 heavy (non-hydrogen) atoms. The van der Waals surface area contributed by atoms with Crippen LogP contribution in [0.5, 0.6) is 0 Å². The van der Waals surface area contributed by atoms with Crippen LogP contribution >= 0.6 is 23.2 Å². The number of nitrogens with two attached hydrogens (primary N) is 1. The summed E-state index contributed by atoms with van der Waals surface area (Å²) in [5.41, 5.74) is 7.93. The number of rotatable bonds is 9. The van der Waals surface area contributed by atoms with E-state index in [9.17, 15) is 4.79 Å². The summed E-state index contributed by atoms with van der Waals surface area (Å²) in [4.78, 5) is 19.9. The van der Waals surface area contributed by atoms with E-state index in [1.807, 2.05) is 43.4 Å². The summed E-state index contributed by atoms with van der Waals surface area (Å²) in [7, 11) is 2.03. The Balaban J connectivity index is 1.58. The fourth-order valence-corrected chi connectivity index (χ4v) is 3.31. The lowest BCUT2D eigenvalue weighted by Gasteiger charge is -2.21. The normalized spacial score (nSPS) is 11.3. The number of amides is 1. The summed E-state index contributed by atoms with van der Waals surface area (Å²) in [5, 5.41) is 1.10. The lowest BCUT2D eigenvalue weighted by molar-refractivity contribution is -0.116. The molecule has 0 saturated carbocycles. The molecule has 0 unspecified atom stereocenters. The molecule has 0 atom stereocenters. The molecule has 0 saturated heterocycles. The largest absolute Gasteiger partial charge is 0.423 e. The van der Waals surface area contributed by atoms with Gasteiger partial charge in [0, 0.05) is 13.1 Å². The van der Waals surface area contributed by atoms with Gasteiger partial charge in [0.15, 0.2) is 5.58 Å². The van der Waals surface area contributed by atoms with E-state index >= 15 is 0 Å². The summed E-state index contributed by atoms with van der Waals surface area (Å²) in [6.45, 7) is 2.22. The van der Waals surface area contributed by atoms with Crippen LogP contribution < -0.4 is 10.6 Å². The van der Waals surface area contributed by atoms with E-state index in [0.29, 0.717) is 28.2 Å². The van der Waals surface area contributed by atoms with Crippen LogP contribution in [0.25, 0.3) is 11.1 Å². The lowest BCUT2D eigenvalue weighted by Crippen LogP contribution is -2.36. The standard InChI is InChI=1S/C20H22Cl2N4O2/c1-25(12-14-7-8-15(21)16(22)11-14)9-4-10-26(13-19(23)27)20-24-17-5-2-3-6-18(17)28-20/h2-3,5-8,11H,4,9-10,12-13H2,1H3,(H2,23,27). The van der Waals surface area contributed by atoms with Gasteiger partial charge in [-0.1, -0.05) is 41.4 Å². The van der Waals surface area contributed by atoms with E-state index in [4.69, 9.17) is 33.4 Å². The molecule has 0 aliphatic heterocycles. The Morgan fingerprint density at radius 2 is 1.93 bits per heavy atom. The number of benzene rings is 2. The average Bonchev–Trinajstić information content (AvgIpc) is 3.08. The molecule has 0 aliphatic rings. The second-order valence-corrected chi connectivity index (χ2v) is 7.51. The van der Waals surface area contributed by atoms with Crippen LogP contribution in [0.3, 0.4) is 0 Å². The molecule has 0 fully saturated rings. The molecule has 0 spiro atoms. The van der Waals surface area contributed by atoms with Crippen molar-refractivity contribution in [2.45, 2.75) is 13.0 Å². The van der Waals surface area contributed by atoms with Crippen LogP contribution in [0.4, 0.5) is 6.01 Å². The smallest absolute Gasteiger partial charge is 0.298 e. The first-order chi connectivity index (χ1) is 13.4. The van der Waals surface area contributed by atoms with Crippen LogP contribution in [-0.2, 0) is 11.3 Å². The van der Waals surface area contributed by atoms with Gasteiger partial charge >= 0.3 is 0 Å². The zero-order chi connectivity index (χ0) is 20.1. The zero-order valence-electron chi connectivity index (χ0n) is 15.6. The number of primary amides is 1. The van der Waals surface area contributed by atoms with E-state index in [-0.39, 0.29) is 6.54 Å². The average molecular weight is 421 g/mol. The van der Waals surface area contributed by atoms with Gasteiger partial charge in [-0.05, 0) is 49.8 Å². The third kappa shape index (κ3) is 5.38. The number of nitrogens with zero attached hydrogens (tertiary/aromatic N) is 3. The third-order valence-corrected chi connectivity index (χ3v) is 5.04. The predicted octanol–water partition coefficient (Wildman–Crippen LogP) is 3.95. The van der Waals surface area contributed by atoms with E-state index in [0.717, 1.165) is 30.6 Å². The van der Waals surface area contributed by atoms with Crippen molar-refractivity contribution in [1.82, 2.24) is 9.88 Å². The van der Waals surface area contributed by atoms with Crippen molar-refractivity contribution in [2.75, 3.05) is 31.6 Å².